The molecule has 2 aromatic carbocycles. The highest BCUT2D eigenvalue weighted by molar-refractivity contribution is 5.85. The second-order valence-corrected chi connectivity index (χ2v) is 5.93. The Morgan fingerprint density at radius 2 is 1.92 bits per heavy atom. The van der Waals surface area contributed by atoms with Gasteiger partial charge in [-0.1, -0.05) is 36.4 Å². The molecule has 0 saturated carbocycles. The lowest BCUT2D eigenvalue weighted by molar-refractivity contribution is -0.123. The number of rotatable bonds is 5. The number of fused-ring (bicyclic) bond motifs is 1. The minimum atomic E-state index is -0.301. The Kier molecular flexibility index (Phi) is 6.93. The van der Waals surface area contributed by atoms with E-state index in [1.807, 2.05) is 12.1 Å². The van der Waals surface area contributed by atoms with Gasteiger partial charge in [0.1, 0.15) is 5.82 Å². The molecule has 0 radical (unpaired) electrons. The van der Waals surface area contributed by atoms with Crippen molar-refractivity contribution < 1.29 is 13.9 Å². The van der Waals surface area contributed by atoms with Crippen LogP contribution in [0.1, 0.15) is 22.8 Å². The van der Waals surface area contributed by atoms with Crippen LogP contribution in [0.25, 0.3) is 0 Å². The second kappa shape index (κ2) is 8.94. The zero-order valence-corrected chi connectivity index (χ0v) is 14.8. The first kappa shape index (κ1) is 19.4. The van der Waals surface area contributed by atoms with E-state index in [4.69, 9.17) is 4.74 Å². The van der Waals surface area contributed by atoms with Gasteiger partial charge in [0.2, 0.25) is 5.91 Å². The van der Waals surface area contributed by atoms with Crippen LogP contribution in [0.15, 0.2) is 48.5 Å². The van der Waals surface area contributed by atoms with Crippen molar-refractivity contribution in [1.29, 1.82) is 0 Å². The van der Waals surface area contributed by atoms with E-state index in [1.165, 1.54) is 23.3 Å². The maximum Gasteiger partial charge on any atom is 0.237 e. The van der Waals surface area contributed by atoms with Gasteiger partial charge in [0.25, 0.3) is 0 Å². The normalized spacial score (nSPS) is 17.1. The van der Waals surface area contributed by atoms with Crippen LogP contribution >= 0.6 is 12.4 Å². The smallest absolute Gasteiger partial charge is 0.237 e. The number of methoxy groups -OCH3 is 1. The van der Waals surface area contributed by atoms with Gasteiger partial charge < -0.3 is 15.4 Å². The fraction of sp³-hybridized carbons (Fsp3) is 0.316. The van der Waals surface area contributed by atoms with Gasteiger partial charge in [0.05, 0.1) is 12.1 Å². The Morgan fingerprint density at radius 1 is 1.24 bits per heavy atom. The van der Waals surface area contributed by atoms with E-state index in [2.05, 4.69) is 22.8 Å². The van der Waals surface area contributed by atoms with Crippen LogP contribution in [0.2, 0.25) is 0 Å². The molecule has 2 atom stereocenters. The summed E-state index contributed by atoms with van der Waals surface area (Å²) in [6, 6.07) is 14.0. The SMILES string of the molecule is COC(CNC(=O)C1Cc2ccccc2CN1)c1ccc(F)cc1.Cl. The van der Waals surface area contributed by atoms with Crippen molar-refractivity contribution >= 4 is 18.3 Å². The average molecular weight is 365 g/mol. The Bertz CT molecular complexity index is 709. The summed E-state index contributed by atoms with van der Waals surface area (Å²) in [4.78, 5) is 12.4. The number of halogens is 2. The lowest BCUT2D eigenvalue weighted by atomic mass is 9.95. The molecule has 6 heteroatoms. The summed E-state index contributed by atoms with van der Waals surface area (Å²) in [5.74, 6) is -0.337. The van der Waals surface area contributed by atoms with Crippen molar-refractivity contribution in [2.24, 2.45) is 0 Å². The molecule has 0 bridgehead atoms. The summed E-state index contributed by atoms with van der Waals surface area (Å²) in [6.45, 7) is 1.04. The molecule has 1 aliphatic heterocycles. The molecule has 1 aliphatic rings. The van der Waals surface area contributed by atoms with E-state index in [9.17, 15) is 9.18 Å². The molecule has 2 aromatic rings. The Hall–Kier alpha value is -1.95. The molecule has 0 aliphatic carbocycles. The topological polar surface area (TPSA) is 50.4 Å². The average Bonchev–Trinajstić information content (AvgIpc) is 2.63. The van der Waals surface area contributed by atoms with Crippen LogP contribution in [0.5, 0.6) is 0 Å². The van der Waals surface area contributed by atoms with Gasteiger partial charge in [-0.25, -0.2) is 4.39 Å². The zero-order chi connectivity index (χ0) is 16.9. The molecule has 0 saturated heterocycles. The van der Waals surface area contributed by atoms with Crippen molar-refractivity contribution in [2.75, 3.05) is 13.7 Å². The van der Waals surface area contributed by atoms with Crippen LogP contribution in [-0.4, -0.2) is 25.6 Å². The molecule has 2 unspecified atom stereocenters. The lowest BCUT2D eigenvalue weighted by Crippen LogP contribution is -2.48. The summed E-state index contributed by atoms with van der Waals surface area (Å²) in [5.41, 5.74) is 3.28. The number of hydrogen-bond donors (Lipinski definition) is 2. The van der Waals surface area contributed by atoms with Crippen LogP contribution in [0, 0.1) is 5.82 Å². The standard InChI is InChI=1S/C19H21FN2O2.ClH/c1-24-18(13-6-8-16(20)9-7-13)12-22-19(23)17-10-14-4-2-3-5-15(14)11-21-17;/h2-9,17-18,21H,10-12H2,1H3,(H,22,23);1H. The van der Waals surface area contributed by atoms with Gasteiger partial charge in [0, 0.05) is 20.2 Å². The van der Waals surface area contributed by atoms with E-state index in [0.29, 0.717) is 19.5 Å². The summed E-state index contributed by atoms with van der Waals surface area (Å²) < 4.78 is 18.4. The molecular weight excluding hydrogens is 343 g/mol. The molecule has 0 aromatic heterocycles. The highest BCUT2D eigenvalue weighted by Gasteiger charge is 2.24. The fourth-order valence-corrected chi connectivity index (χ4v) is 2.97. The number of hydrogen-bond acceptors (Lipinski definition) is 3. The van der Waals surface area contributed by atoms with Crippen LogP contribution in [0.3, 0.4) is 0 Å². The molecule has 1 amide bonds. The number of amides is 1. The summed E-state index contributed by atoms with van der Waals surface area (Å²) in [6.07, 6.45) is 0.376. The molecule has 0 fully saturated rings. The number of ether oxygens (including phenoxy) is 1. The first-order chi connectivity index (χ1) is 11.7. The summed E-state index contributed by atoms with van der Waals surface area (Å²) in [5, 5.41) is 6.19. The summed E-state index contributed by atoms with van der Waals surface area (Å²) in [7, 11) is 1.58. The zero-order valence-electron chi connectivity index (χ0n) is 14.0. The van der Waals surface area contributed by atoms with Gasteiger partial charge >= 0.3 is 0 Å². The Balaban J connectivity index is 0.00000225. The van der Waals surface area contributed by atoms with Gasteiger partial charge in [0.15, 0.2) is 0 Å². The number of benzene rings is 2. The largest absolute Gasteiger partial charge is 0.375 e. The van der Waals surface area contributed by atoms with Gasteiger partial charge in [-0.15, -0.1) is 12.4 Å². The maximum atomic E-state index is 13.0. The van der Waals surface area contributed by atoms with E-state index in [0.717, 1.165) is 5.56 Å². The van der Waals surface area contributed by atoms with Crippen molar-refractivity contribution in [3.8, 4) is 0 Å². The number of carbonyl (C=O) groups is 1. The maximum absolute atomic E-state index is 13.0. The Labute approximate surface area is 153 Å². The van der Waals surface area contributed by atoms with Crippen molar-refractivity contribution in [3.63, 3.8) is 0 Å². The van der Waals surface area contributed by atoms with Gasteiger partial charge in [-0.2, -0.15) is 0 Å². The van der Waals surface area contributed by atoms with Crippen LogP contribution in [0.4, 0.5) is 4.39 Å². The predicted octanol–water partition coefficient (Wildman–Crippen LogP) is 2.77. The lowest BCUT2D eigenvalue weighted by Gasteiger charge is -2.26. The molecule has 2 N–H and O–H groups in total. The van der Waals surface area contributed by atoms with E-state index >= 15 is 0 Å². The van der Waals surface area contributed by atoms with Gasteiger partial charge in [-0.3, -0.25) is 4.79 Å². The molecule has 1 heterocycles. The molecule has 134 valence electrons. The third kappa shape index (κ3) is 4.78. The quantitative estimate of drug-likeness (QED) is 0.857. The monoisotopic (exact) mass is 364 g/mol. The van der Waals surface area contributed by atoms with Crippen LogP contribution in [-0.2, 0) is 22.5 Å². The third-order valence-corrected chi connectivity index (χ3v) is 4.39. The first-order valence-corrected chi connectivity index (χ1v) is 8.03. The number of carbonyl (C=O) groups excluding carboxylic acids is 1. The highest BCUT2D eigenvalue weighted by atomic mass is 35.5. The van der Waals surface area contributed by atoms with Crippen LogP contribution < -0.4 is 10.6 Å². The second-order valence-electron chi connectivity index (χ2n) is 5.93. The predicted molar refractivity (Wildman–Crippen MR) is 97.2 cm³/mol. The fourth-order valence-electron chi connectivity index (χ4n) is 2.97. The first-order valence-electron chi connectivity index (χ1n) is 8.03. The molecule has 25 heavy (non-hydrogen) atoms. The minimum absolute atomic E-state index is 0. The number of nitrogens with one attached hydrogen (secondary N) is 2. The summed E-state index contributed by atoms with van der Waals surface area (Å²) >= 11 is 0. The molecule has 4 nitrogen and oxygen atoms in total. The van der Waals surface area contributed by atoms with Crippen molar-refractivity contribution in [2.45, 2.75) is 25.1 Å². The van der Waals surface area contributed by atoms with E-state index in [-0.39, 0.29) is 36.3 Å². The molecular formula is C19H22ClFN2O2. The van der Waals surface area contributed by atoms with Crippen molar-refractivity contribution in [1.82, 2.24) is 10.6 Å². The van der Waals surface area contributed by atoms with E-state index in [1.54, 1.807) is 19.2 Å². The molecule has 3 rings (SSSR count). The van der Waals surface area contributed by atoms with Crippen molar-refractivity contribution in [3.05, 3.63) is 71.0 Å². The minimum Gasteiger partial charge on any atom is -0.375 e. The third-order valence-electron chi connectivity index (χ3n) is 4.39. The van der Waals surface area contributed by atoms with E-state index < -0.39 is 0 Å². The Morgan fingerprint density at radius 3 is 2.60 bits per heavy atom. The highest BCUT2D eigenvalue weighted by Crippen LogP contribution is 2.18. The van der Waals surface area contributed by atoms with Gasteiger partial charge in [-0.05, 0) is 35.2 Å². The molecule has 0 spiro atoms.